The molecule has 0 fully saturated rings. The minimum atomic E-state index is -0.0713. The quantitative estimate of drug-likeness (QED) is 0.451. The Morgan fingerprint density at radius 1 is 1.50 bits per heavy atom. The SMILES string of the molecule is C=CCNc1nnc(SCC(=O)NCc2cc3c(cc2OCC)C[C@@H](C)O3)s1. The lowest BCUT2D eigenvalue weighted by molar-refractivity contribution is -0.118. The van der Waals surface area contributed by atoms with E-state index in [0.717, 1.165) is 38.5 Å². The third-order valence-electron chi connectivity index (χ3n) is 3.99. The van der Waals surface area contributed by atoms with Crippen LogP contribution in [-0.4, -0.2) is 41.1 Å². The van der Waals surface area contributed by atoms with Gasteiger partial charge in [0.2, 0.25) is 11.0 Å². The van der Waals surface area contributed by atoms with Crippen LogP contribution in [0.15, 0.2) is 29.1 Å². The fourth-order valence-electron chi connectivity index (χ4n) is 2.78. The Morgan fingerprint density at radius 3 is 3.14 bits per heavy atom. The van der Waals surface area contributed by atoms with Gasteiger partial charge in [0.25, 0.3) is 0 Å². The Morgan fingerprint density at radius 2 is 2.36 bits per heavy atom. The molecule has 1 aliphatic rings. The first-order valence-corrected chi connectivity index (χ1v) is 10.9. The Hall–Kier alpha value is -2.26. The van der Waals surface area contributed by atoms with E-state index < -0.39 is 0 Å². The minimum Gasteiger partial charge on any atom is -0.494 e. The molecule has 0 radical (unpaired) electrons. The molecule has 0 unspecified atom stereocenters. The number of carbonyl (C=O) groups is 1. The summed E-state index contributed by atoms with van der Waals surface area (Å²) in [4.78, 5) is 12.2. The highest BCUT2D eigenvalue weighted by molar-refractivity contribution is 8.01. The predicted molar refractivity (Wildman–Crippen MR) is 113 cm³/mol. The van der Waals surface area contributed by atoms with Crippen LogP contribution in [0.4, 0.5) is 5.13 Å². The lowest BCUT2D eigenvalue weighted by Crippen LogP contribution is -2.24. The van der Waals surface area contributed by atoms with Crippen molar-refractivity contribution in [2.45, 2.75) is 37.3 Å². The summed E-state index contributed by atoms with van der Waals surface area (Å²) in [5, 5.41) is 14.8. The van der Waals surface area contributed by atoms with Crippen molar-refractivity contribution >= 4 is 34.1 Å². The lowest BCUT2D eigenvalue weighted by atomic mass is 10.1. The van der Waals surface area contributed by atoms with Crippen LogP contribution < -0.4 is 20.1 Å². The number of hydrogen-bond acceptors (Lipinski definition) is 8. The topological polar surface area (TPSA) is 85.4 Å². The van der Waals surface area contributed by atoms with Gasteiger partial charge in [0.1, 0.15) is 17.6 Å². The molecule has 0 bridgehead atoms. The molecule has 1 amide bonds. The molecule has 2 heterocycles. The second-order valence-corrected chi connectivity index (χ2v) is 8.44. The van der Waals surface area contributed by atoms with Crippen LogP contribution in [0.2, 0.25) is 0 Å². The van der Waals surface area contributed by atoms with Gasteiger partial charge in [0.05, 0.1) is 12.4 Å². The fourth-order valence-corrected chi connectivity index (χ4v) is 4.37. The summed E-state index contributed by atoms with van der Waals surface area (Å²) in [5.74, 6) is 1.88. The van der Waals surface area contributed by atoms with Gasteiger partial charge in [-0.15, -0.1) is 16.8 Å². The van der Waals surface area contributed by atoms with Crippen molar-refractivity contribution in [3.63, 3.8) is 0 Å². The highest BCUT2D eigenvalue weighted by Gasteiger charge is 2.22. The van der Waals surface area contributed by atoms with Crippen molar-refractivity contribution in [1.29, 1.82) is 0 Å². The molecule has 9 heteroatoms. The number of rotatable bonds is 10. The van der Waals surface area contributed by atoms with E-state index in [1.165, 1.54) is 23.1 Å². The summed E-state index contributed by atoms with van der Waals surface area (Å²) in [6.45, 7) is 9.24. The fraction of sp³-hybridized carbons (Fsp3) is 0.421. The van der Waals surface area contributed by atoms with E-state index in [1.54, 1.807) is 6.08 Å². The lowest BCUT2D eigenvalue weighted by Gasteiger charge is -2.13. The van der Waals surface area contributed by atoms with E-state index in [2.05, 4.69) is 27.4 Å². The van der Waals surface area contributed by atoms with Crippen LogP contribution in [0.3, 0.4) is 0 Å². The van der Waals surface area contributed by atoms with Gasteiger partial charge in [0.15, 0.2) is 4.34 Å². The van der Waals surface area contributed by atoms with E-state index in [4.69, 9.17) is 9.47 Å². The normalized spacial score (nSPS) is 14.9. The van der Waals surface area contributed by atoms with Crippen molar-refractivity contribution in [2.75, 3.05) is 24.2 Å². The molecule has 0 spiro atoms. The number of fused-ring (bicyclic) bond motifs is 1. The molecule has 0 saturated heterocycles. The van der Waals surface area contributed by atoms with Gasteiger partial charge < -0.3 is 20.1 Å². The average Bonchev–Trinajstić information content (AvgIpc) is 3.28. The second-order valence-electron chi connectivity index (χ2n) is 6.24. The third-order valence-corrected chi connectivity index (χ3v) is 6.00. The smallest absolute Gasteiger partial charge is 0.230 e. The predicted octanol–water partition coefficient (Wildman–Crippen LogP) is 3.27. The number of hydrogen-bond donors (Lipinski definition) is 2. The van der Waals surface area contributed by atoms with E-state index in [-0.39, 0.29) is 17.8 Å². The zero-order chi connectivity index (χ0) is 19.9. The zero-order valence-corrected chi connectivity index (χ0v) is 17.6. The number of ether oxygens (including phenoxy) is 2. The summed E-state index contributed by atoms with van der Waals surface area (Å²) < 4.78 is 12.3. The Kier molecular flexibility index (Phi) is 7.16. The molecule has 1 aliphatic heterocycles. The number of benzene rings is 1. The monoisotopic (exact) mass is 420 g/mol. The largest absolute Gasteiger partial charge is 0.494 e. The van der Waals surface area contributed by atoms with Crippen molar-refractivity contribution in [3.8, 4) is 11.5 Å². The highest BCUT2D eigenvalue weighted by Crippen LogP contribution is 2.35. The average molecular weight is 421 g/mol. The van der Waals surface area contributed by atoms with E-state index >= 15 is 0 Å². The number of thioether (sulfide) groups is 1. The number of carbonyl (C=O) groups excluding carboxylic acids is 1. The molecule has 1 atom stereocenters. The standard InChI is InChI=1S/C19H24N4O3S2/c1-4-6-20-18-22-23-19(28-18)27-11-17(24)21-10-14-9-16-13(7-12(3)26-16)8-15(14)25-5-2/h4,8-9,12H,1,5-7,10-11H2,2-3H3,(H,20,22)(H,21,24)/t12-/m1/s1. The molecular weight excluding hydrogens is 396 g/mol. The first kappa shape index (κ1) is 20.5. The number of nitrogens with one attached hydrogen (secondary N) is 2. The number of nitrogens with zero attached hydrogens (tertiary/aromatic N) is 2. The van der Waals surface area contributed by atoms with E-state index in [1.807, 2.05) is 26.0 Å². The van der Waals surface area contributed by atoms with Gasteiger partial charge in [-0.3, -0.25) is 4.79 Å². The van der Waals surface area contributed by atoms with E-state index in [0.29, 0.717) is 19.7 Å². The maximum Gasteiger partial charge on any atom is 0.230 e. The molecule has 0 saturated carbocycles. The van der Waals surface area contributed by atoms with Crippen molar-refractivity contribution < 1.29 is 14.3 Å². The molecule has 7 nitrogen and oxygen atoms in total. The molecule has 2 aromatic rings. The first-order valence-electron chi connectivity index (χ1n) is 9.12. The Bertz CT molecular complexity index is 841. The summed E-state index contributed by atoms with van der Waals surface area (Å²) in [6, 6.07) is 4.00. The molecule has 28 heavy (non-hydrogen) atoms. The van der Waals surface area contributed by atoms with Crippen molar-refractivity contribution in [2.24, 2.45) is 0 Å². The molecule has 3 rings (SSSR count). The highest BCUT2D eigenvalue weighted by atomic mass is 32.2. The van der Waals surface area contributed by atoms with Gasteiger partial charge in [-0.1, -0.05) is 29.2 Å². The van der Waals surface area contributed by atoms with Crippen LogP contribution in [0.5, 0.6) is 11.5 Å². The molecular formula is C19H24N4O3S2. The molecule has 1 aromatic heterocycles. The van der Waals surface area contributed by atoms with Gasteiger partial charge >= 0.3 is 0 Å². The molecule has 1 aromatic carbocycles. The van der Waals surface area contributed by atoms with Crippen molar-refractivity contribution in [1.82, 2.24) is 15.5 Å². The maximum atomic E-state index is 12.2. The van der Waals surface area contributed by atoms with Crippen LogP contribution in [0, 0.1) is 0 Å². The third kappa shape index (κ3) is 5.39. The first-order chi connectivity index (χ1) is 13.6. The summed E-state index contributed by atoms with van der Waals surface area (Å²) in [6.07, 6.45) is 2.80. The van der Waals surface area contributed by atoms with Crippen LogP contribution in [0.25, 0.3) is 0 Å². The van der Waals surface area contributed by atoms with Crippen LogP contribution >= 0.6 is 23.1 Å². The number of anilines is 1. The van der Waals surface area contributed by atoms with Gasteiger partial charge in [-0.2, -0.15) is 0 Å². The summed E-state index contributed by atoms with van der Waals surface area (Å²) >= 11 is 2.78. The summed E-state index contributed by atoms with van der Waals surface area (Å²) in [5.41, 5.74) is 2.07. The van der Waals surface area contributed by atoms with Crippen molar-refractivity contribution in [3.05, 3.63) is 35.9 Å². The zero-order valence-electron chi connectivity index (χ0n) is 16.0. The Labute approximate surface area is 172 Å². The second kappa shape index (κ2) is 9.79. The number of amides is 1. The van der Waals surface area contributed by atoms with Gasteiger partial charge in [0, 0.05) is 30.6 Å². The van der Waals surface area contributed by atoms with Crippen LogP contribution in [-0.2, 0) is 17.8 Å². The number of aromatic nitrogens is 2. The minimum absolute atomic E-state index is 0.0713. The molecule has 0 aliphatic carbocycles. The van der Waals surface area contributed by atoms with Crippen LogP contribution in [0.1, 0.15) is 25.0 Å². The van der Waals surface area contributed by atoms with Gasteiger partial charge in [-0.25, -0.2) is 0 Å². The molecule has 150 valence electrons. The Balaban J connectivity index is 1.53. The van der Waals surface area contributed by atoms with E-state index in [9.17, 15) is 4.79 Å². The van der Waals surface area contributed by atoms with Gasteiger partial charge in [-0.05, 0) is 26.0 Å². The summed E-state index contributed by atoms with van der Waals surface area (Å²) in [7, 11) is 0. The maximum absolute atomic E-state index is 12.2. The molecule has 2 N–H and O–H groups in total.